The summed E-state index contributed by atoms with van der Waals surface area (Å²) in [5.74, 6) is 0.374. The van der Waals surface area contributed by atoms with Crippen LogP contribution in [0.15, 0.2) is 10.6 Å². The number of nitrogens with zero attached hydrogens (tertiary/aromatic N) is 4. The molecule has 1 N–H and O–H groups in total. The fourth-order valence-electron chi connectivity index (χ4n) is 5.31. The zero-order valence-corrected chi connectivity index (χ0v) is 19.5. The highest BCUT2D eigenvalue weighted by molar-refractivity contribution is 5.94. The molecule has 0 bridgehead atoms. The van der Waals surface area contributed by atoms with E-state index in [0.717, 1.165) is 81.4 Å². The molecule has 8 heteroatoms. The van der Waals surface area contributed by atoms with Crippen molar-refractivity contribution in [3.8, 4) is 11.3 Å². The lowest BCUT2D eigenvalue weighted by molar-refractivity contribution is -0.128. The topological polar surface area (TPSA) is 93.3 Å². The Morgan fingerprint density at radius 2 is 1.94 bits per heavy atom. The number of hydrogen-bond acceptors (Lipinski definition) is 5. The predicted molar refractivity (Wildman–Crippen MR) is 121 cm³/mol. The third-order valence-corrected chi connectivity index (χ3v) is 7.01. The van der Waals surface area contributed by atoms with Crippen LogP contribution in [0.2, 0.25) is 0 Å². The SMILES string of the molecule is CCn1nc(C)c(-c2cc(C(=O)N3CCCCCCNC(=O)[C@@H]4CCCC[C@@H]43)no2)c1C. The molecule has 3 heterocycles. The number of fused-ring (bicyclic) bond motifs is 1. The second-order valence-corrected chi connectivity index (χ2v) is 9.10. The highest BCUT2D eigenvalue weighted by Gasteiger charge is 2.38. The molecule has 1 saturated heterocycles. The van der Waals surface area contributed by atoms with E-state index in [1.807, 2.05) is 30.4 Å². The molecule has 2 aliphatic rings. The van der Waals surface area contributed by atoms with Crippen molar-refractivity contribution >= 4 is 11.8 Å². The minimum atomic E-state index is -0.149. The lowest BCUT2D eigenvalue weighted by Crippen LogP contribution is -2.51. The fourth-order valence-corrected chi connectivity index (χ4v) is 5.31. The fraction of sp³-hybridized carbons (Fsp3) is 0.667. The van der Waals surface area contributed by atoms with E-state index in [1.165, 1.54) is 0 Å². The maximum atomic E-state index is 13.6. The molecule has 0 spiro atoms. The molecule has 8 nitrogen and oxygen atoms in total. The average molecular weight is 442 g/mol. The summed E-state index contributed by atoms with van der Waals surface area (Å²) in [6.45, 7) is 8.14. The van der Waals surface area contributed by atoms with Crippen LogP contribution in [-0.2, 0) is 11.3 Å². The van der Waals surface area contributed by atoms with Crippen molar-refractivity contribution < 1.29 is 14.1 Å². The van der Waals surface area contributed by atoms with Gasteiger partial charge in [0.25, 0.3) is 5.91 Å². The molecule has 32 heavy (non-hydrogen) atoms. The van der Waals surface area contributed by atoms with Gasteiger partial charge < -0.3 is 14.7 Å². The van der Waals surface area contributed by atoms with Gasteiger partial charge in [-0.1, -0.05) is 30.8 Å². The van der Waals surface area contributed by atoms with E-state index in [4.69, 9.17) is 4.52 Å². The van der Waals surface area contributed by atoms with Gasteiger partial charge in [-0.15, -0.1) is 0 Å². The molecule has 174 valence electrons. The maximum absolute atomic E-state index is 13.6. The first kappa shape index (κ1) is 22.6. The van der Waals surface area contributed by atoms with Crippen LogP contribution >= 0.6 is 0 Å². The normalized spacial score (nSPS) is 22.7. The van der Waals surface area contributed by atoms with Crippen molar-refractivity contribution in [3.63, 3.8) is 0 Å². The Kier molecular flexibility index (Phi) is 6.96. The van der Waals surface area contributed by atoms with Crippen molar-refractivity contribution in [2.24, 2.45) is 5.92 Å². The lowest BCUT2D eigenvalue weighted by Gasteiger charge is -2.39. The number of nitrogens with one attached hydrogen (secondary N) is 1. The molecule has 4 rings (SSSR count). The van der Waals surface area contributed by atoms with Crippen molar-refractivity contribution in [1.82, 2.24) is 25.2 Å². The summed E-state index contributed by atoms with van der Waals surface area (Å²) in [6.07, 6.45) is 7.81. The monoisotopic (exact) mass is 441 g/mol. The number of aromatic nitrogens is 3. The summed E-state index contributed by atoms with van der Waals surface area (Å²) in [5, 5.41) is 11.8. The summed E-state index contributed by atoms with van der Waals surface area (Å²) < 4.78 is 7.55. The first-order valence-corrected chi connectivity index (χ1v) is 12.1. The first-order valence-electron chi connectivity index (χ1n) is 12.1. The third-order valence-electron chi connectivity index (χ3n) is 7.01. The molecule has 0 radical (unpaired) electrons. The van der Waals surface area contributed by atoms with E-state index in [0.29, 0.717) is 18.0 Å². The minimum Gasteiger partial charge on any atom is -0.356 e. The van der Waals surface area contributed by atoms with Gasteiger partial charge in [0, 0.05) is 37.4 Å². The lowest BCUT2D eigenvalue weighted by atomic mass is 9.82. The number of amides is 2. The predicted octanol–water partition coefficient (Wildman–Crippen LogP) is 3.87. The average Bonchev–Trinajstić information content (AvgIpc) is 3.37. The quantitative estimate of drug-likeness (QED) is 0.781. The molecule has 2 aromatic heterocycles. The summed E-state index contributed by atoms with van der Waals surface area (Å²) in [4.78, 5) is 28.4. The molecule has 2 atom stereocenters. The van der Waals surface area contributed by atoms with Gasteiger partial charge in [-0.25, -0.2) is 0 Å². The number of aryl methyl sites for hydroxylation is 2. The van der Waals surface area contributed by atoms with Crippen molar-refractivity contribution in [1.29, 1.82) is 0 Å². The summed E-state index contributed by atoms with van der Waals surface area (Å²) in [6, 6.07) is 1.66. The van der Waals surface area contributed by atoms with E-state index in [-0.39, 0.29) is 23.8 Å². The van der Waals surface area contributed by atoms with Crippen LogP contribution in [0.4, 0.5) is 0 Å². The Balaban J connectivity index is 1.62. The molecule has 2 fully saturated rings. The van der Waals surface area contributed by atoms with Gasteiger partial charge in [0.15, 0.2) is 11.5 Å². The molecule has 2 amide bonds. The minimum absolute atomic E-state index is 0.0826. The number of carbonyl (C=O) groups excluding carboxylic acids is 2. The second-order valence-electron chi connectivity index (χ2n) is 9.10. The Hall–Kier alpha value is -2.64. The van der Waals surface area contributed by atoms with Gasteiger partial charge in [0.1, 0.15) is 0 Å². The first-order chi connectivity index (χ1) is 15.5. The second kappa shape index (κ2) is 9.88. The van der Waals surface area contributed by atoms with Crippen LogP contribution in [0.25, 0.3) is 11.3 Å². The van der Waals surface area contributed by atoms with E-state index < -0.39 is 0 Å². The molecular formula is C24H35N5O3. The summed E-state index contributed by atoms with van der Waals surface area (Å²) in [7, 11) is 0. The van der Waals surface area contributed by atoms with Crippen LogP contribution in [-0.4, -0.2) is 50.8 Å². The number of carbonyl (C=O) groups is 2. The smallest absolute Gasteiger partial charge is 0.276 e. The Labute approximate surface area is 189 Å². The number of rotatable bonds is 3. The molecule has 1 aliphatic heterocycles. The van der Waals surface area contributed by atoms with E-state index >= 15 is 0 Å². The Morgan fingerprint density at radius 1 is 1.16 bits per heavy atom. The van der Waals surface area contributed by atoms with Crippen molar-refractivity contribution in [2.45, 2.75) is 84.7 Å². The van der Waals surface area contributed by atoms with Crippen LogP contribution in [0.3, 0.4) is 0 Å². The van der Waals surface area contributed by atoms with E-state index in [1.54, 1.807) is 6.07 Å². The van der Waals surface area contributed by atoms with Crippen molar-refractivity contribution in [2.75, 3.05) is 13.1 Å². The van der Waals surface area contributed by atoms with E-state index in [2.05, 4.69) is 15.6 Å². The standard InChI is InChI=1S/C24H35N5O3/c1-4-29-17(3)22(16(2)26-29)21-15-19(27-32-21)24(31)28-14-10-6-5-9-13-25-23(30)18-11-7-8-12-20(18)28/h15,18,20H,4-14H2,1-3H3,(H,25,30)/t18-,20+/m1/s1. The third kappa shape index (κ3) is 4.45. The van der Waals surface area contributed by atoms with Crippen LogP contribution in [0.5, 0.6) is 0 Å². The van der Waals surface area contributed by atoms with Crippen LogP contribution in [0, 0.1) is 19.8 Å². The molecule has 0 aromatic carbocycles. The number of hydrogen-bond donors (Lipinski definition) is 1. The van der Waals surface area contributed by atoms with Gasteiger partial charge >= 0.3 is 0 Å². The highest BCUT2D eigenvalue weighted by atomic mass is 16.5. The largest absolute Gasteiger partial charge is 0.356 e. The molecule has 1 aliphatic carbocycles. The van der Waals surface area contributed by atoms with Gasteiger partial charge in [-0.2, -0.15) is 5.10 Å². The zero-order chi connectivity index (χ0) is 22.7. The highest BCUT2D eigenvalue weighted by Crippen LogP contribution is 2.32. The van der Waals surface area contributed by atoms with E-state index in [9.17, 15) is 9.59 Å². The molecule has 1 saturated carbocycles. The Morgan fingerprint density at radius 3 is 2.72 bits per heavy atom. The zero-order valence-electron chi connectivity index (χ0n) is 19.5. The molecule has 0 unspecified atom stereocenters. The summed E-state index contributed by atoms with van der Waals surface area (Å²) in [5.41, 5.74) is 3.06. The van der Waals surface area contributed by atoms with Crippen molar-refractivity contribution in [3.05, 3.63) is 23.1 Å². The van der Waals surface area contributed by atoms with Gasteiger partial charge in [0.2, 0.25) is 5.91 Å². The van der Waals surface area contributed by atoms with Gasteiger partial charge in [0.05, 0.1) is 17.2 Å². The summed E-state index contributed by atoms with van der Waals surface area (Å²) >= 11 is 0. The Bertz CT molecular complexity index is 963. The molecular weight excluding hydrogens is 406 g/mol. The van der Waals surface area contributed by atoms with Crippen LogP contribution in [0.1, 0.15) is 80.2 Å². The van der Waals surface area contributed by atoms with Gasteiger partial charge in [-0.05, 0) is 46.5 Å². The molecule has 2 aromatic rings. The van der Waals surface area contributed by atoms with Gasteiger partial charge in [-0.3, -0.25) is 14.3 Å². The maximum Gasteiger partial charge on any atom is 0.276 e. The van der Waals surface area contributed by atoms with Crippen LogP contribution < -0.4 is 5.32 Å².